The van der Waals surface area contributed by atoms with E-state index in [9.17, 15) is 14.9 Å². The molecule has 22 heavy (non-hydrogen) atoms. The summed E-state index contributed by atoms with van der Waals surface area (Å²) < 4.78 is 10.2. The van der Waals surface area contributed by atoms with Crippen LogP contribution in [0.5, 0.6) is 11.5 Å². The maximum Gasteiger partial charge on any atom is 0.336 e. The first-order valence-corrected chi connectivity index (χ1v) is 6.38. The van der Waals surface area contributed by atoms with Crippen LogP contribution in [-0.4, -0.2) is 18.0 Å². The summed E-state index contributed by atoms with van der Waals surface area (Å²) in [6, 6.07) is 12.8. The van der Waals surface area contributed by atoms with Crippen molar-refractivity contribution in [2.75, 3.05) is 7.11 Å². The lowest BCUT2D eigenvalue weighted by molar-refractivity contribution is -0.385. The van der Waals surface area contributed by atoms with E-state index < -0.39 is 10.9 Å². The summed E-state index contributed by atoms with van der Waals surface area (Å²) in [5, 5.41) is 10.9. The van der Waals surface area contributed by atoms with E-state index in [1.54, 1.807) is 42.5 Å². The number of carbonyl (C=O) groups is 1. The molecule has 0 aliphatic carbocycles. The first kappa shape index (κ1) is 15.2. The Bertz CT molecular complexity index is 724. The Morgan fingerprint density at radius 1 is 1.09 bits per heavy atom. The van der Waals surface area contributed by atoms with Gasteiger partial charge in [-0.1, -0.05) is 24.3 Å². The normalized spacial score (nSPS) is 10.4. The van der Waals surface area contributed by atoms with Gasteiger partial charge in [-0.2, -0.15) is 0 Å². The summed E-state index contributed by atoms with van der Waals surface area (Å²) in [6.45, 7) is 0. The highest BCUT2D eigenvalue weighted by molar-refractivity contribution is 5.89. The van der Waals surface area contributed by atoms with E-state index in [1.165, 1.54) is 19.3 Å². The van der Waals surface area contributed by atoms with Gasteiger partial charge >= 0.3 is 5.97 Å². The van der Waals surface area contributed by atoms with E-state index in [1.807, 2.05) is 0 Å². The van der Waals surface area contributed by atoms with Crippen molar-refractivity contribution in [1.82, 2.24) is 0 Å². The second-order valence-electron chi connectivity index (χ2n) is 4.22. The third kappa shape index (κ3) is 3.69. The molecule has 0 N–H and O–H groups in total. The quantitative estimate of drug-likeness (QED) is 0.278. The Kier molecular flexibility index (Phi) is 4.87. The van der Waals surface area contributed by atoms with Crippen LogP contribution in [0.4, 0.5) is 5.69 Å². The summed E-state index contributed by atoms with van der Waals surface area (Å²) in [4.78, 5) is 22.2. The van der Waals surface area contributed by atoms with Crippen molar-refractivity contribution < 1.29 is 19.2 Å². The van der Waals surface area contributed by atoms with Crippen LogP contribution >= 0.6 is 0 Å². The number of nitro benzene ring substituents is 1. The molecule has 0 amide bonds. The minimum absolute atomic E-state index is 0.0798. The van der Waals surface area contributed by atoms with Crippen LogP contribution in [-0.2, 0) is 4.79 Å². The van der Waals surface area contributed by atoms with Crippen molar-refractivity contribution in [1.29, 1.82) is 0 Å². The molecule has 0 bridgehead atoms. The Hall–Kier alpha value is -3.15. The molecule has 2 rings (SSSR count). The Labute approximate surface area is 126 Å². The van der Waals surface area contributed by atoms with Crippen LogP contribution in [0.15, 0.2) is 54.6 Å². The van der Waals surface area contributed by atoms with Crippen molar-refractivity contribution in [3.63, 3.8) is 0 Å². The number of nitrogens with zero attached hydrogens (tertiary/aromatic N) is 1. The molecular formula is C16H13NO5. The summed E-state index contributed by atoms with van der Waals surface area (Å²) in [6.07, 6.45) is 2.48. The zero-order chi connectivity index (χ0) is 15.9. The van der Waals surface area contributed by atoms with Crippen molar-refractivity contribution in [3.05, 3.63) is 70.3 Å². The van der Waals surface area contributed by atoms with Gasteiger partial charge in [0.05, 0.1) is 17.6 Å². The number of ether oxygens (including phenoxy) is 2. The molecule has 6 nitrogen and oxygen atoms in total. The van der Waals surface area contributed by atoms with Crippen LogP contribution in [0.2, 0.25) is 0 Å². The maximum atomic E-state index is 11.8. The Balaban J connectivity index is 2.14. The number of rotatable bonds is 5. The van der Waals surface area contributed by atoms with Gasteiger partial charge in [0.25, 0.3) is 5.69 Å². The van der Waals surface area contributed by atoms with Crippen molar-refractivity contribution in [2.24, 2.45) is 0 Å². The lowest BCUT2D eigenvalue weighted by Gasteiger charge is -2.06. The molecule has 0 fully saturated rings. The second-order valence-corrected chi connectivity index (χ2v) is 4.22. The number of para-hydroxylation sites is 3. The van der Waals surface area contributed by atoms with Gasteiger partial charge in [-0.25, -0.2) is 4.79 Å². The second kappa shape index (κ2) is 7.03. The summed E-state index contributed by atoms with van der Waals surface area (Å²) >= 11 is 0. The lowest BCUT2D eigenvalue weighted by Crippen LogP contribution is -2.05. The number of nitro groups is 1. The zero-order valence-corrected chi connectivity index (χ0v) is 11.8. The standard InChI is InChI=1S/C16H13NO5/c1-21-14-8-4-5-9-15(14)22-16(18)11-10-12-6-2-3-7-13(12)17(19)20/h2-11H,1H3/b11-10+. The largest absolute Gasteiger partial charge is 0.493 e. The highest BCUT2D eigenvalue weighted by Gasteiger charge is 2.11. The monoisotopic (exact) mass is 299 g/mol. The highest BCUT2D eigenvalue weighted by Crippen LogP contribution is 2.26. The first-order chi connectivity index (χ1) is 10.6. The average Bonchev–Trinajstić information content (AvgIpc) is 2.53. The van der Waals surface area contributed by atoms with Gasteiger partial charge in [-0.05, 0) is 24.3 Å². The van der Waals surface area contributed by atoms with Gasteiger partial charge in [-0.3, -0.25) is 10.1 Å². The minimum Gasteiger partial charge on any atom is -0.493 e. The van der Waals surface area contributed by atoms with Gasteiger partial charge in [0.15, 0.2) is 11.5 Å². The predicted octanol–water partition coefficient (Wildman–Crippen LogP) is 3.22. The van der Waals surface area contributed by atoms with Gasteiger partial charge < -0.3 is 9.47 Å². The molecule has 0 unspecified atom stereocenters. The minimum atomic E-state index is -0.650. The first-order valence-electron chi connectivity index (χ1n) is 6.38. The highest BCUT2D eigenvalue weighted by atomic mass is 16.6. The molecule has 0 aliphatic rings. The molecule has 0 saturated heterocycles. The molecule has 0 radical (unpaired) electrons. The lowest BCUT2D eigenvalue weighted by atomic mass is 10.1. The fourth-order valence-corrected chi connectivity index (χ4v) is 1.80. The number of hydrogen-bond donors (Lipinski definition) is 0. The number of hydrogen-bond acceptors (Lipinski definition) is 5. The molecule has 0 saturated carbocycles. The molecule has 0 aromatic heterocycles. The van der Waals surface area contributed by atoms with Crippen molar-refractivity contribution >= 4 is 17.7 Å². The van der Waals surface area contributed by atoms with Crippen LogP contribution < -0.4 is 9.47 Å². The number of carbonyl (C=O) groups excluding carboxylic acids is 1. The fraction of sp³-hybridized carbons (Fsp3) is 0.0625. The van der Waals surface area contributed by atoms with E-state index in [4.69, 9.17) is 9.47 Å². The van der Waals surface area contributed by atoms with Gasteiger partial charge in [-0.15, -0.1) is 0 Å². The molecule has 0 spiro atoms. The molecule has 112 valence electrons. The van der Waals surface area contributed by atoms with Crippen LogP contribution in [0, 0.1) is 10.1 Å². The predicted molar refractivity (Wildman–Crippen MR) is 80.8 cm³/mol. The van der Waals surface area contributed by atoms with Crippen LogP contribution in [0.25, 0.3) is 6.08 Å². The van der Waals surface area contributed by atoms with E-state index in [-0.39, 0.29) is 11.4 Å². The van der Waals surface area contributed by atoms with E-state index in [2.05, 4.69) is 0 Å². The van der Waals surface area contributed by atoms with E-state index in [0.717, 1.165) is 6.08 Å². The SMILES string of the molecule is COc1ccccc1OC(=O)/C=C/c1ccccc1[N+](=O)[O-]. The molecule has 2 aromatic carbocycles. The number of methoxy groups -OCH3 is 1. The molecule has 0 heterocycles. The van der Waals surface area contributed by atoms with Gasteiger partial charge in [0.2, 0.25) is 0 Å². The Morgan fingerprint density at radius 2 is 1.73 bits per heavy atom. The van der Waals surface area contributed by atoms with Gasteiger partial charge in [0.1, 0.15) is 0 Å². The Morgan fingerprint density at radius 3 is 2.41 bits per heavy atom. The number of esters is 1. The average molecular weight is 299 g/mol. The zero-order valence-electron chi connectivity index (χ0n) is 11.8. The summed E-state index contributed by atoms with van der Waals surface area (Å²) in [5.74, 6) is 0.0554. The third-order valence-electron chi connectivity index (χ3n) is 2.81. The molecule has 0 aliphatic heterocycles. The van der Waals surface area contributed by atoms with E-state index in [0.29, 0.717) is 11.3 Å². The molecule has 0 atom stereocenters. The fourth-order valence-electron chi connectivity index (χ4n) is 1.80. The summed E-state index contributed by atoms with van der Waals surface area (Å²) in [5.41, 5.74) is 0.244. The maximum absolute atomic E-state index is 11.8. The van der Waals surface area contributed by atoms with Gasteiger partial charge in [0, 0.05) is 12.1 Å². The van der Waals surface area contributed by atoms with Crippen molar-refractivity contribution in [2.45, 2.75) is 0 Å². The topological polar surface area (TPSA) is 78.7 Å². The number of benzene rings is 2. The molecule has 6 heteroatoms. The van der Waals surface area contributed by atoms with Crippen LogP contribution in [0.1, 0.15) is 5.56 Å². The van der Waals surface area contributed by atoms with Crippen LogP contribution in [0.3, 0.4) is 0 Å². The smallest absolute Gasteiger partial charge is 0.336 e. The molecule has 2 aromatic rings. The van der Waals surface area contributed by atoms with E-state index >= 15 is 0 Å². The van der Waals surface area contributed by atoms with Crippen molar-refractivity contribution in [3.8, 4) is 11.5 Å². The third-order valence-corrected chi connectivity index (χ3v) is 2.81. The molecular weight excluding hydrogens is 286 g/mol. The summed E-state index contributed by atoms with van der Waals surface area (Å²) in [7, 11) is 1.47.